The molecule has 1 unspecified atom stereocenters. The first kappa shape index (κ1) is 8.79. The van der Waals surface area contributed by atoms with Crippen LogP contribution in [0, 0.1) is 11.3 Å². The van der Waals surface area contributed by atoms with Gasteiger partial charge in [-0.25, -0.2) is 4.98 Å². The summed E-state index contributed by atoms with van der Waals surface area (Å²) in [5.41, 5.74) is 0. The third-order valence-corrected chi connectivity index (χ3v) is 1.75. The van der Waals surface area contributed by atoms with E-state index < -0.39 is 0 Å². The zero-order valence-corrected chi connectivity index (χ0v) is 7.16. The van der Waals surface area contributed by atoms with Crippen molar-refractivity contribution in [3.8, 4) is 6.07 Å². The molecule has 0 aliphatic rings. The number of nitrogens with zero attached hydrogens (tertiary/aromatic N) is 2. The van der Waals surface area contributed by atoms with E-state index in [9.17, 15) is 0 Å². The normalized spacial score (nSPS) is 12.3. The summed E-state index contributed by atoms with van der Waals surface area (Å²) in [6, 6.07) is 2.18. The summed E-state index contributed by atoms with van der Waals surface area (Å²) in [5.74, 6) is 0.380. The van der Waals surface area contributed by atoms with Gasteiger partial charge in [-0.1, -0.05) is 19.8 Å². The molecule has 0 bridgehead atoms. The standard InChI is InChI=1S/C9H12N2O/c1-2-3-4-8(7-10)9-11-5-6-12-9/h5-6,8H,2-4H2,1H3. The maximum absolute atomic E-state index is 8.77. The van der Waals surface area contributed by atoms with E-state index in [1.807, 2.05) is 0 Å². The average molecular weight is 164 g/mol. The molecule has 1 aromatic rings. The third-order valence-electron chi connectivity index (χ3n) is 1.75. The highest BCUT2D eigenvalue weighted by Gasteiger charge is 2.13. The van der Waals surface area contributed by atoms with Gasteiger partial charge in [-0.05, 0) is 6.42 Å². The predicted molar refractivity (Wildman–Crippen MR) is 44.4 cm³/mol. The van der Waals surface area contributed by atoms with Crippen molar-refractivity contribution < 1.29 is 4.42 Å². The molecule has 0 saturated carbocycles. The maximum Gasteiger partial charge on any atom is 0.211 e. The molecule has 12 heavy (non-hydrogen) atoms. The zero-order chi connectivity index (χ0) is 8.81. The molecular formula is C9H12N2O. The van der Waals surface area contributed by atoms with Crippen LogP contribution in [0.3, 0.4) is 0 Å². The van der Waals surface area contributed by atoms with Crippen LogP contribution in [-0.2, 0) is 0 Å². The lowest BCUT2D eigenvalue weighted by molar-refractivity contribution is 0.461. The van der Waals surface area contributed by atoms with Gasteiger partial charge in [0.05, 0.1) is 12.3 Å². The molecule has 1 aromatic heterocycles. The largest absolute Gasteiger partial charge is 0.448 e. The van der Waals surface area contributed by atoms with Gasteiger partial charge in [0.1, 0.15) is 12.2 Å². The summed E-state index contributed by atoms with van der Waals surface area (Å²) in [4.78, 5) is 3.95. The van der Waals surface area contributed by atoms with Crippen LogP contribution in [0.2, 0.25) is 0 Å². The number of nitriles is 1. The molecule has 64 valence electrons. The van der Waals surface area contributed by atoms with Crippen molar-refractivity contribution in [2.24, 2.45) is 0 Å². The second kappa shape index (κ2) is 4.55. The lowest BCUT2D eigenvalue weighted by Gasteiger charge is -2.01. The van der Waals surface area contributed by atoms with Crippen molar-refractivity contribution in [2.75, 3.05) is 0 Å². The minimum absolute atomic E-state index is 0.167. The molecule has 1 atom stereocenters. The fourth-order valence-corrected chi connectivity index (χ4v) is 1.06. The SMILES string of the molecule is CCCCC(C#N)c1ncco1. The Hall–Kier alpha value is -1.30. The van der Waals surface area contributed by atoms with E-state index in [-0.39, 0.29) is 5.92 Å². The first-order valence-electron chi connectivity index (χ1n) is 4.17. The van der Waals surface area contributed by atoms with Crippen LogP contribution in [0.1, 0.15) is 38.0 Å². The molecule has 0 aromatic carbocycles. The quantitative estimate of drug-likeness (QED) is 0.686. The maximum atomic E-state index is 8.77. The summed E-state index contributed by atoms with van der Waals surface area (Å²) in [5, 5.41) is 8.77. The van der Waals surface area contributed by atoms with Gasteiger partial charge in [0.25, 0.3) is 0 Å². The topological polar surface area (TPSA) is 49.8 Å². The van der Waals surface area contributed by atoms with Gasteiger partial charge in [0.2, 0.25) is 5.89 Å². The minimum atomic E-state index is -0.167. The fourth-order valence-electron chi connectivity index (χ4n) is 1.06. The van der Waals surface area contributed by atoms with Crippen molar-refractivity contribution in [2.45, 2.75) is 32.1 Å². The summed E-state index contributed by atoms with van der Waals surface area (Å²) < 4.78 is 5.05. The number of rotatable bonds is 4. The monoisotopic (exact) mass is 164 g/mol. The van der Waals surface area contributed by atoms with E-state index in [1.54, 1.807) is 6.20 Å². The van der Waals surface area contributed by atoms with Crippen LogP contribution in [0.4, 0.5) is 0 Å². The summed E-state index contributed by atoms with van der Waals surface area (Å²) in [6.07, 6.45) is 6.06. The Labute approximate surface area is 72.0 Å². The second-order valence-electron chi connectivity index (χ2n) is 2.69. The lowest BCUT2D eigenvalue weighted by Crippen LogP contribution is -1.95. The average Bonchev–Trinajstić information content (AvgIpc) is 2.59. The number of hydrogen-bond acceptors (Lipinski definition) is 3. The summed E-state index contributed by atoms with van der Waals surface area (Å²) in [7, 11) is 0. The van der Waals surface area contributed by atoms with Gasteiger partial charge in [0.15, 0.2) is 0 Å². The van der Waals surface area contributed by atoms with E-state index in [4.69, 9.17) is 9.68 Å². The van der Waals surface area contributed by atoms with Crippen LogP contribution < -0.4 is 0 Å². The molecule has 0 saturated heterocycles. The highest BCUT2D eigenvalue weighted by Crippen LogP contribution is 2.18. The van der Waals surface area contributed by atoms with E-state index in [2.05, 4.69) is 18.0 Å². The number of unbranched alkanes of at least 4 members (excludes halogenated alkanes) is 1. The smallest absolute Gasteiger partial charge is 0.211 e. The molecule has 0 fully saturated rings. The lowest BCUT2D eigenvalue weighted by atomic mass is 10.0. The minimum Gasteiger partial charge on any atom is -0.448 e. The van der Waals surface area contributed by atoms with Crippen molar-refractivity contribution in [3.63, 3.8) is 0 Å². The Morgan fingerprint density at radius 2 is 2.58 bits per heavy atom. The third kappa shape index (κ3) is 2.09. The first-order chi connectivity index (χ1) is 5.88. The number of oxazole rings is 1. The molecular weight excluding hydrogens is 152 g/mol. The van der Waals surface area contributed by atoms with E-state index in [0.29, 0.717) is 5.89 Å². The van der Waals surface area contributed by atoms with Crippen molar-refractivity contribution in [1.82, 2.24) is 4.98 Å². The Bertz CT molecular complexity index is 248. The van der Waals surface area contributed by atoms with Crippen LogP contribution in [0.25, 0.3) is 0 Å². The molecule has 0 N–H and O–H groups in total. The van der Waals surface area contributed by atoms with Gasteiger partial charge in [0, 0.05) is 0 Å². The van der Waals surface area contributed by atoms with E-state index in [0.717, 1.165) is 19.3 Å². The molecule has 1 heterocycles. The zero-order valence-electron chi connectivity index (χ0n) is 7.16. The highest BCUT2D eigenvalue weighted by molar-refractivity contribution is 5.04. The van der Waals surface area contributed by atoms with Gasteiger partial charge < -0.3 is 4.42 Å². The van der Waals surface area contributed by atoms with Crippen LogP contribution in [0.5, 0.6) is 0 Å². The highest BCUT2D eigenvalue weighted by atomic mass is 16.3. The second-order valence-corrected chi connectivity index (χ2v) is 2.69. The predicted octanol–water partition coefficient (Wildman–Crippen LogP) is 2.47. The van der Waals surface area contributed by atoms with Gasteiger partial charge in [-0.15, -0.1) is 0 Å². The van der Waals surface area contributed by atoms with Crippen molar-refractivity contribution in [1.29, 1.82) is 5.26 Å². The molecule has 0 aliphatic carbocycles. The Morgan fingerprint density at radius 3 is 3.08 bits per heavy atom. The Kier molecular flexibility index (Phi) is 3.34. The van der Waals surface area contributed by atoms with Crippen LogP contribution in [0.15, 0.2) is 16.9 Å². The Balaban J connectivity index is 2.53. The van der Waals surface area contributed by atoms with Gasteiger partial charge >= 0.3 is 0 Å². The molecule has 0 radical (unpaired) electrons. The number of hydrogen-bond donors (Lipinski definition) is 0. The first-order valence-corrected chi connectivity index (χ1v) is 4.17. The van der Waals surface area contributed by atoms with Gasteiger partial charge in [-0.2, -0.15) is 5.26 Å². The summed E-state index contributed by atoms with van der Waals surface area (Å²) in [6.45, 7) is 2.10. The van der Waals surface area contributed by atoms with Crippen LogP contribution >= 0.6 is 0 Å². The Morgan fingerprint density at radius 1 is 1.75 bits per heavy atom. The molecule has 0 amide bonds. The van der Waals surface area contributed by atoms with Gasteiger partial charge in [-0.3, -0.25) is 0 Å². The molecule has 3 nitrogen and oxygen atoms in total. The fraction of sp³-hybridized carbons (Fsp3) is 0.556. The molecule has 0 spiro atoms. The van der Waals surface area contributed by atoms with E-state index >= 15 is 0 Å². The van der Waals surface area contributed by atoms with Crippen molar-refractivity contribution >= 4 is 0 Å². The van der Waals surface area contributed by atoms with E-state index in [1.165, 1.54) is 6.26 Å². The molecule has 1 rings (SSSR count). The summed E-state index contributed by atoms with van der Waals surface area (Å²) >= 11 is 0. The molecule has 3 heteroatoms. The van der Waals surface area contributed by atoms with Crippen LogP contribution in [-0.4, -0.2) is 4.98 Å². The number of aromatic nitrogens is 1. The molecule has 0 aliphatic heterocycles. The van der Waals surface area contributed by atoms with Crippen molar-refractivity contribution in [3.05, 3.63) is 18.4 Å².